The van der Waals surface area contributed by atoms with Crippen molar-refractivity contribution in [3.05, 3.63) is 23.5 Å². The maximum atomic E-state index is 5.58. The first-order chi connectivity index (χ1) is 9.56. The van der Waals surface area contributed by atoms with Gasteiger partial charge in [-0.2, -0.15) is 0 Å². The van der Waals surface area contributed by atoms with Crippen LogP contribution in [0.1, 0.15) is 11.4 Å². The van der Waals surface area contributed by atoms with E-state index in [0.717, 1.165) is 56.4 Å². The van der Waals surface area contributed by atoms with Crippen molar-refractivity contribution in [2.24, 2.45) is 5.73 Å². The second kappa shape index (κ2) is 6.97. The van der Waals surface area contributed by atoms with E-state index in [4.69, 9.17) is 22.7 Å². The zero-order valence-electron chi connectivity index (χ0n) is 12.1. The highest BCUT2D eigenvalue weighted by molar-refractivity contribution is 7.80. The van der Waals surface area contributed by atoms with E-state index in [1.54, 1.807) is 7.11 Å². The average molecular weight is 294 g/mol. The molecule has 110 valence electrons. The molecule has 20 heavy (non-hydrogen) atoms. The van der Waals surface area contributed by atoms with Gasteiger partial charge in [-0.05, 0) is 6.92 Å². The van der Waals surface area contributed by atoms with Gasteiger partial charge in [0.1, 0.15) is 5.75 Å². The predicted molar refractivity (Wildman–Crippen MR) is 84.0 cm³/mol. The third-order valence-corrected chi connectivity index (χ3v) is 3.57. The van der Waals surface area contributed by atoms with E-state index in [2.05, 4.69) is 14.8 Å². The highest BCUT2D eigenvalue weighted by atomic mass is 32.1. The predicted octanol–water partition coefficient (Wildman–Crippen LogP) is 0.802. The number of hydrogen-bond acceptors (Lipinski definition) is 5. The summed E-state index contributed by atoms with van der Waals surface area (Å²) in [6.07, 6.45) is 0. The summed E-state index contributed by atoms with van der Waals surface area (Å²) in [7, 11) is 1.69. The number of ether oxygens (including phenoxy) is 1. The largest absolute Gasteiger partial charge is 0.497 e. The Kier molecular flexibility index (Phi) is 5.28. The molecule has 0 atom stereocenters. The normalized spacial score (nSPS) is 17.1. The van der Waals surface area contributed by atoms with E-state index in [1.807, 2.05) is 19.1 Å². The molecule has 0 aliphatic carbocycles. The van der Waals surface area contributed by atoms with Crippen molar-refractivity contribution in [1.82, 2.24) is 14.8 Å². The summed E-state index contributed by atoms with van der Waals surface area (Å²) in [6, 6.07) is 3.96. The molecule has 1 fully saturated rings. The molecule has 2 N–H and O–H groups in total. The Labute approximate surface area is 125 Å². The summed E-state index contributed by atoms with van der Waals surface area (Å²) < 4.78 is 5.29. The third-order valence-electron chi connectivity index (χ3n) is 3.45. The van der Waals surface area contributed by atoms with Gasteiger partial charge in [-0.3, -0.25) is 14.8 Å². The van der Waals surface area contributed by atoms with Crippen LogP contribution < -0.4 is 10.5 Å². The Morgan fingerprint density at radius 3 is 2.55 bits per heavy atom. The smallest absolute Gasteiger partial charge is 0.122 e. The van der Waals surface area contributed by atoms with Crippen molar-refractivity contribution in [3.8, 4) is 5.75 Å². The number of hydrogen-bond donors (Lipinski definition) is 1. The average Bonchev–Trinajstić information content (AvgIpc) is 2.39. The first-order valence-corrected chi connectivity index (χ1v) is 7.22. The molecule has 0 spiro atoms. The summed E-state index contributed by atoms with van der Waals surface area (Å²) in [5.41, 5.74) is 7.63. The van der Waals surface area contributed by atoms with Gasteiger partial charge < -0.3 is 10.5 Å². The molecule has 0 amide bonds. The fraction of sp³-hybridized carbons (Fsp3) is 0.571. The Morgan fingerprint density at radius 2 is 1.95 bits per heavy atom. The molecule has 0 aromatic carbocycles. The van der Waals surface area contributed by atoms with Crippen molar-refractivity contribution in [3.63, 3.8) is 0 Å². The number of methoxy groups -OCH3 is 1. The van der Waals surface area contributed by atoms with E-state index in [0.29, 0.717) is 4.99 Å². The number of rotatable bonds is 5. The number of nitrogens with zero attached hydrogens (tertiary/aromatic N) is 3. The molecule has 2 rings (SSSR count). The van der Waals surface area contributed by atoms with Crippen LogP contribution >= 0.6 is 12.2 Å². The van der Waals surface area contributed by atoms with Gasteiger partial charge in [0.2, 0.25) is 0 Å². The molecule has 0 unspecified atom stereocenters. The lowest BCUT2D eigenvalue weighted by molar-refractivity contribution is 0.139. The van der Waals surface area contributed by atoms with Gasteiger partial charge in [-0.25, -0.2) is 0 Å². The van der Waals surface area contributed by atoms with Crippen molar-refractivity contribution in [2.45, 2.75) is 13.5 Å². The van der Waals surface area contributed by atoms with Crippen LogP contribution in [0.3, 0.4) is 0 Å². The zero-order valence-corrected chi connectivity index (χ0v) is 12.9. The van der Waals surface area contributed by atoms with Crippen molar-refractivity contribution < 1.29 is 4.74 Å². The number of aryl methyl sites for hydroxylation is 1. The Balaban J connectivity index is 1.89. The number of piperazine rings is 1. The zero-order chi connectivity index (χ0) is 14.5. The second-order valence-corrected chi connectivity index (χ2v) is 5.68. The monoisotopic (exact) mass is 294 g/mol. The minimum absolute atomic E-state index is 0.573. The Morgan fingerprint density at radius 1 is 1.30 bits per heavy atom. The van der Waals surface area contributed by atoms with E-state index in [-0.39, 0.29) is 0 Å². The maximum absolute atomic E-state index is 5.58. The summed E-state index contributed by atoms with van der Waals surface area (Å²) in [5, 5.41) is 0. The fourth-order valence-electron chi connectivity index (χ4n) is 2.46. The van der Waals surface area contributed by atoms with Gasteiger partial charge in [0.05, 0.1) is 17.8 Å². The lowest BCUT2D eigenvalue weighted by Crippen LogP contribution is -2.48. The minimum atomic E-state index is 0.573. The quantitative estimate of drug-likeness (QED) is 0.811. The lowest BCUT2D eigenvalue weighted by atomic mass is 10.2. The minimum Gasteiger partial charge on any atom is -0.497 e. The van der Waals surface area contributed by atoms with Crippen LogP contribution in [0.4, 0.5) is 0 Å². The summed E-state index contributed by atoms with van der Waals surface area (Å²) >= 11 is 4.95. The number of nitrogens with two attached hydrogens (primary N) is 1. The van der Waals surface area contributed by atoms with Crippen LogP contribution in [-0.4, -0.2) is 59.6 Å². The molecule has 6 heteroatoms. The van der Waals surface area contributed by atoms with Gasteiger partial charge in [-0.15, -0.1) is 0 Å². The van der Waals surface area contributed by atoms with E-state index in [9.17, 15) is 0 Å². The first-order valence-electron chi connectivity index (χ1n) is 6.81. The SMILES string of the molecule is COc1cc(C)nc(CN2CCN(CC(N)=S)CC2)c1. The molecule has 0 bridgehead atoms. The topological polar surface area (TPSA) is 54.6 Å². The molecule has 0 radical (unpaired) electrons. The number of pyridine rings is 1. The standard InChI is InChI=1S/C14H22N4OS/c1-11-7-13(19-2)8-12(16-11)9-17-3-5-18(6-4-17)10-14(15)20/h7-8H,3-6,9-10H2,1-2H3,(H2,15,20). The van der Waals surface area contributed by atoms with Gasteiger partial charge >= 0.3 is 0 Å². The van der Waals surface area contributed by atoms with Crippen molar-refractivity contribution in [2.75, 3.05) is 39.8 Å². The second-order valence-electron chi connectivity index (χ2n) is 5.16. The van der Waals surface area contributed by atoms with E-state index >= 15 is 0 Å². The molecular formula is C14H22N4OS. The molecule has 1 aliphatic rings. The van der Waals surface area contributed by atoms with Crippen molar-refractivity contribution in [1.29, 1.82) is 0 Å². The third kappa shape index (κ3) is 4.40. The summed E-state index contributed by atoms with van der Waals surface area (Å²) in [6.45, 7) is 7.60. The van der Waals surface area contributed by atoms with Crippen LogP contribution in [0, 0.1) is 6.92 Å². The fourth-order valence-corrected chi connectivity index (χ4v) is 2.64. The van der Waals surface area contributed by atoms with Gasteiger partial charge in [-0.1, -0.05) is 12.2 Å². The van der Waals surface area contributed by atoms with Crippen molar-refractivity contribution >= 4 is 17.2 Å². The maximum Gasteiger partial charge on any atom is 0.122 e. The van der Waals surface area contributed by atoms with Gasteiger partial charge in [0.25, 0.3) is 0 Å². The first kappa shape index (κ1) is 15.2. The summed E-state index contributed by atoms with van der Waals surface area (Å²) in [5.74, 6) is 0.875. The molecular weight excluding hydrogens is 272 g/mol. The van der Waals surface area contributed by atoms with Crippen LogP contribution in [0.5, 0.6) is 5.75 Å². The van der Waals surface area contributed by atoms with E-state index in [1.165, 1.54) is 0 Å². The Bertz CT molecular complexity index is 472. The molecule has 1 aliphatic heterocycles. The highest BCUT2D eigenvalue weighted by Crippen LogP contribution is 2.15. The molecule has 0 saturated carbocycles. The van der Waals surface area contributed by atoms with E-state index < -0.39 is 0 Å². The van der Waals surface area contributed by atoms with Gasteiger partial charge in [0.15, 0.2) is 0 Å². The van der Waals surface area contributed by atoms with Crippen LogP contribution in [0.15, 0.2) is 12.1 Å². The summed E-state index contributed by atoms with van der Waals surface area (Å²) in [4.78, 5) is 9.83. The Hall–Kier alpha value is -1.24. The van der Waals surface area contributed by atoms with Crippen LogP contribution in [-0.2, 0) is 6.54 Å². The molecule has 5 nitrogen and oxygen atoms in total. The van der Waals surface area contributed by atoms with Gasteiger partial charge in [0, 0.05) is 57.1 Å². The highest BCUT2D eigenvalue weighted by Gasteiger charge is 2.17. The van der Waals surface area contributed by atoms with Crippen LogP contribution in [0.2, 0.25) is 0 Å². The number of thiocarbonyl (C=S) groups is 1. The molecule has 1 aromatic heterocycles. The van der Waals surface area contributed by atoms with Crippen LogP contribution in [0.25, 0.3) is 0 Å². The molecule has 1 saturated heterocycles. The lowest BCUT2D eigenvalue weighted by Gasteiger charge is -2.34. The molecule has 1 aromatic rings. The molecule has 2 heterocycles. The number of aromatic nitrogens is 1.